The monoisotopic (exact) mass is 144 g/mol. The lowest BCUT2D eigenvalue weighted by atomic mass is 10.0. The van der Waals surface area contributed by atoms with E-state index in [-0.39, 0.29) is 0 Å². The van der Waals surface area contributed by atoms with Crippen LogP contribution in [-0.4, -0.2) is 5.38 Å². The van der Waals surface area contributed by atoms with Crippen molar-refractivity contribution < 1.29 is 0 Å². The van der Waals surface area contributed by atoms with Gasteiger partial charge in [-0.25, -0.2) is 0 Å². The molecule has 0 radical (unpaired) electrons. The van der Waals surface area contributed by atoms with Gasteiger partial charge in [-0.2, -0.15) is 0 Å². The first-order chi connectivity index (χ1) is 4.34. The Kier molecular flexibility index (Phi) is 2.59. The Morgan fingerprint density at radius 3 is 2.78 bits per heavy atom. The van der Waals surface area contributed by atoms with E-state index in [1.54, 1.807) is 0 Å². The molecule has 2 atom stereocenters. The van der Waals surface area contributed by atoms with E-state index >= 15 is 0 Å². The van der Waals surface area contributed by atoms with Crippen molar-refractivity contribution in [3.05, 3.63) is 12.7 Å². The summed E-state index contributed by atoms with van der Waals surface area (Å²) < 4.78 is 0. The largest absolute Gasteiger partial charge is 0.123 e. The molecule has 0 saturated heterocycles. The molecule has 1 aliphatic rings. The van der Waals surface area contributed by atoms with Crippen LogP contribution in [0.4, 0.5) is 0 Å². The number of hydrogen-bond acceptors (Lipinski definition) is 0. The Hall–Kier alpha value is 0.0300. The number of allylic oxidation sites excluding steroid dienone is 1. The molecule has 0 bridgehead atoms. The van der Waals surface area contributed by atoms with Gasteiger partial charge in [-0.3, -0.25) is 0 Å². The summed E-state index contributed by atoms with van der Waals surface area (Å²) in [5.74, 6) is 0.726. The molecule has 0 nitrogen and oxygen atoms in total. The molecule has 0 aromatic rings. The molecule has 9 heavy (non-hydrogen) atoms. The molecule has 0 aromatic heterocycles. The zero-order valence-electron chi connectivity index (χ0n) is 5.65. The highest BCUT2D eigenvalue weighted by Crippen LogP contribution is 2.32. The van der Waals surface area contributed by atoms with Crippen LogP contribution in [-0.2, 0) is 0 Å². The molecule has 0 unspecified atom stereocenters. The smallest absolute Gasteiger partial charge is 0.0367 e. The van der Waals surface area contributed by atoms with Gasteiger partial charge in [0.15, 0.2) is 0 Å². The Morgan fingerprint density at radius 2 is 2.33 bits per heavy atom. The standard InChI is InChI=1S/C8H13Cl/c1-2-4-7-5-3-6-8(7)9/h2,7-8H,1,3-6H2/t7-,8-/m1/s1. The number of hydrogen-bond donors (Lipinski definition) is 0. The highest BCUT2D eigenvalue weighted by molar-refractivity contribution is 6.20. The predicted octanol–water partition coefficient (Wildman–Crippen LogP) is 2.97. The van der Waals surface area contributed by atoms with E-state index in [0.717, 1.165) is 12.3 Å². The van der Waals surface area contributed by atoms with E-state index in [2.05, 4.69) is 6.58 Å². The third-order valence-electron chi connectivity index (χ3n) is 2.04. The molecule has 0 amide bonds. The SMILES string of the molecule is C=CC[C@@H]1CCC[C@H]1Cl. The summed E-state index contributed by atoms with van der Waals surface area (Å²) in [7, 11) is 0. The van der Waals surface area contributed by atoms with E-state index in [1.807, 2.05) is 6.08 Å². The summed E-state index contributed by atoms with van der Waals surface area (Å²) in [5.41, 5.74) is 0. The van der Waals surface area contributed by atoms with Gasteiger partial charge in [0.05, 0.1) is 0 Å². The summed E-state index contributed by atoms with van der Waals surface area (Å²) in [6, 6.07) is 0. The fraction of sp³-hybridized carbons (Fsp3) is 0.750. The third-order valence-corrected chi connectivity index (χ3v) is 2.61. The van der Waals surface area contributed by atoms with Crippen molar-refractivity contribution in [2.45, 2.75) is 31.1 Å². The second-order valence-electron chi connectivity index (χ2n) is 2.73. The first kappa shape index (κ1) is 7.14. The van der Waals surface area contributed by atoms with Gasteiger partial charge >= 0.3 is 0 Å². The maximum Gasteiger partial charge on any atom is 0.0367 e. The molecule has 1 saturated carbocycles. The first-order valence-corrected chi connectivity index (χ1v) is 4.03. The highest BCUT2D eigenvalue weighted by Gasteiger charge is 2.23. The fourth-order valence-corrected chi connectivity index (χ4v) is 1.85. The van der Waals surface area contributed by atoms with Gasteiger partial charge in [-0.1, -0.05) is 12.5 Å². The van der Waals surface area contributed by atoms with Crippen molar-refractivity contribution in [3.8, 4) is 0 Å². The molecule has 1 aliphatic carbocycles. The first-order valence-electron chi connectivity index (χ1n) is 3.59. The molecule has 0 aliphatic heterocycles. The molecular weight excluding hydrogens is 132 g/mol. The number of alkyl halides is 1. The van der Waals surface area contributed by atoms with Gasteiger partial charge in [0.2, 0.25) is 0 Å². The molecule has 1 rings (SSSR count). The van der Waals surface area contributed by atoms with E-state index in [0.29, 0.717) is 5.38 Å². The summed E-state index contributed by atoms with van der Waals surface area (Å²) in [4.78, 5) is 0. The van der Waals surface area contributed by atoms with E-state index < -0.39 is 0 Å². The van der Waals surface area contributed by atoms with Crippen molar-refractivity contribution in [1.82, 2.24) is 0 Å². The van der Waals surface area contributed by atoms with Crippen LogP contribution in [0, 0.1) is 5.92 Å². The van der Waals surface area contributed by atoms with Crippen molar-refractivity contribution in [2.24, 2.45) is 5.92 Å². The van der Waals surface area contributed by atoms with Crippen LogP contribution < -0.4 is 0 Å². The minimum Gasteiger partial charge on any atom is -0.123 e. The quantitative estimate of drug-likeness (QED) is 0.413. The van der Waals surface area contributed by atoms with E-state index in [1.165, 1.54) is 19.3 Å². The van der Waals surface area contributed by atoms with Crippen molar-refractivity contribution in [1.29, 1.82) is 0 Å². The molecule has 0 N–H and O–H groups in total. The second kappa shape index (κ2) is 3.26. The average molecular weight is 145 g/mol. The lowest BCUT2D eigenvalue weighted by Gasteiger charge is -2.08. The van der Waals surface area contributed by atoms with Crippen LogP contribution in [0.25, 0.3) is 0 Å². The van der Waals surface area contributed by atoms with Crippen molar-refractivity contribution >= 4 is 11.6 Å². The maximum absolute atomic E-state index is 6.01. The Morgan fingerprint density at radius 1 is 1.56 bits per heavy atom. The van der Waals surface area contributed by atoms with E-state index in [4.69, 9.17) is 11.6 Å². The fourth-order valence-electron chi connectivity index (χ4n) is 1.47. The van der Waals surface area contributed by atoms with Crippen LogP contribution in [0.1, 0.15) is 25.7 Å². The van der Waals surface area contributed by atoms with Crippen LogP contribution in [0.5, 0.6) is 0 Å². The van der Waals surface area contributed by atoms with Crippen LogP contribution in [0.15, 0.2) is 12.7 Å². The lowest BCUT2D eigenvalue weighted by molar-refractivity contribution is 0.565. The molecule has 1 fully saturated rings. The number of rotatable bonds is 2. The predicted molar refractivity (Wildman–Crippen MR) is 41.8 cm³/mol. The van der Waals surface area contributed by atoms with Gasteiger partial charge in [-0.15, -0.1) is 18.2 Å². The molecule has 1 heteroatoms. The number of halogens is 1. The van der Waals surface area contributed by atoms with E-state index in [9.17, 15) is 0 Å². The van der Waals surface area contributed by atoms with Crippen molar-refractivity contribution in [2.75, 3.05) is 0 Å². The zero-order chi connectivity index (χ0) is 6.69. The van der Waals surface area contributed by atoms with Crippen LogP contribution >= 0.6 is 11.6 Å². The minimum atomic E-state index is 0.433. The average Bonchev–Trinajstić information content (AvgIpc) is 2.18. The molecule has 0 heterocycles. The normalized spacial score (nSPS) is 34.8. The zero-order valence-corrected chi connectivity index (χ0v) is 6.40. The van der Waals surface area contributed by atoms with Gasteiger partial charge in [0, 0.05) is 5.38 Å². The minimum absolute atomic E-state index is 0.433. The molecule has 0 spiro atoms. The second-order valence-corrected chi connectivity index (χ2v) is 3.29. The summed E-state index contributed by atoms with van der Waals surface area (Å²) in [6.45, 7) is 3.70. The van der Waals surface area contributed by atoms with Gasteiger partial charge in [0.1, 0.15) is 0 Å². The van der Waals surface area contributed by atoms with Gasteiger partial charge in [0.25, 0.3) is 0 Å². The Balaban J connectivity index is 2.30. The maximum atomic E-state index is 6.01. The van der Waals surface area contributed by atoms with Crippen molar-refractivity contribution in [3.63, 3.8) is 0 Å². The molecule has 52 valence electrons. The third kappa shape index (κ3) is 1.72. The summed E-state index contributed by atoms with van der Waals surface area (Å²) >= 11 is 6.01. The van der Waals surface area contributed by atoms with Crippen LogP contribution in [0.3, 0.4) is 0 Å². The highest BCUT2D eigenvalue weighted by atomic mass is 35.5. The summed E-state index contributed by atoms with van der Waals surface area (Å²) in [6.07, 6.45) is 6.91. The Bertz CT molecular complexity index is 98.7. The topological polar surface area (TPSA) is 0 Å². The lowest BCUT2D eigenvalue weighted by Crippen LogP contribution is -2.04. The Labute approximate surface area is 61.9 Å². The molecule has 0 aromatic carbocycles. The van der Waals surface area contributed by atoms with Crippen LogP contribution in [0.2, 0.25) is 0 Å². The summed E-state index contributed by atoms with van der Waals surface area (Å²) in [5, 5.41) is 0.433. The molecular formula is C8H13Cl. The van der Waals surface area contributed by atoms with Gasteiger partial charge in [-0.05, 0) is 25.2 Å². The van der Waals surface area contributed by atoms with Gasteiger partial charge < -0.3 is 0 Å².